The maximum atomic E-state index is 9.25. The number of hydrogen-bond donors (Lipinski definition) is 1. The van der Waals surface area contributed by atoms with Gasteiger partial charge in [0.05, 0.1) is 16.9 Å². The largest absolute Gasteiger partial charge is 0.381 e. The lowest BCUT2D eigenvalue weighted by Gasteiger charge is -2.22. The first-order valence-corrected chi connectivity index (χ1v) is 6.67. The molecule has 1 saturated carbocycles. The van der Waals surface area contributed by atoms with E-state index in [-0.39, 0.29) is 0 Å². The zero-order valence-electron chi connectivity index (χ0n) is 11.6. The second kappa shape index (κ2) is 4.97. The fraction of sp³-hybridized carbons (Fsp3) is 0.600. The Bertz CT molecular complexity index is 487. The molecule has 3 unspecified atom stereocenters. The molecule has 1 fully saturated rings. The minimum atomic E-state index is 0.480. The number of nitrogens with one attached hydrogen (secondary N) is 1. The standard InChI is InChI=1S/C15H21N3/c1-9-5-6-14(11(9)3)18-15-7-10(2)17-12(4)13(15)8-16/h7,9,11,14H,5-6H2,1-4H3,(H,17,18). The van der Waals surface area contributed by atoms with Crippen molar-refractivity contribution in [3.8, 4) is 6.07 Å². The number of nitriles is 1. The molecule has 0 aliphatic heterocycles. The summed E-state index contributed by atoms with van der Waals surface area (Å²) in [6.45, 7) is 8.47. The summed E-state index contributed by atoms with van der Waals surface area (Å²) >= 11 is 0. The molecular formula is C15H21N3. The van der Waals surface area contributed by atoms with Gasteiger partial charge in [-0.05, 0) is 44.6 Å². The van der Waals surface area contributed by atoms with Crippen LogP contribution < -0.4 is 5.32 Å². The van der Waals surface area contributed by atoms with Crippen LogP contribution in [0.3, 0.4) is 0 Å². The molecule has 1 heterocycles. The van der Waals surface area contributed by atoms with E-state index in [2.05, 4.69) is 30.2 Å². The van der Waals surface area contributed by atoms with Gasteiger partial charge in [0.15, 0.2) is 0 Å². The Morgan fingerprint density at radius 3 is 2.61 bits per heavy atom. The molecule has 1 aromatic heterocycles. The second-order valence-corrected chi connectivity index (χ2v) is 5.55. The molecule has 96 valence electrons. The summed E-state index contributed by atoms with van der Waals surface area (Å²) in [6.07, 6.45) is 2.46. The molecule has 0 spiro atoms. The quantitative estimate of drug-likeness (QED) is 0.865. The van der Waals surface area contributed by atoms with Gasteiger partial charge in [0.2, 0.25) is 0 Å². The van der Waals surface area contributed by atoms with Crippen LogP contribution in [0, 0.1) is 37.0 Å². The van der Waals surface area contributed by atoms with E-state index in [4.69, 9.17) is 0 Å². The average Bonchev–Trinajstić information content (AvgIpc) is 2.60. The third-order valence-electron chi connectivity index (χ3n) is 4.25. The van der Waals surface area contributed by atoms with Gasteiger partial charge in [-0.25, -0.2) is 0 Å². The molecule has 1 aliphatic carbocycles. The van der Waals surface area contributed by atoms with Gasteiger partial charge in [0.1, 0.15) is 6.07 Å². The van der Waals surface area contributed by atoms with Gasteiger partial charge >= 0.3 is 0 Å². The smallest absolute Gasteiger partial charge is 0.103 e. The molecule has 0 radical (unpaired) electrons. The van der Waals surface area contributed by atoms with E-state index in [0.29, 0.717) is 17.5 Å². The number of aromatic nitrogens is 1. The van der Waals surface area contributed by atoms with Crippen molar-refractivity contribution in [2.45, 2.75) is 46.6 Å². The van der Waals surface area contributed by atoms with Crippen LogP contribution >= 0.6 is 0 Å². The van der Waals surface area contributed by atoms with Crippen molar-refractivity contribution in [1.29, 1.82) is 5.26 Å². The highest BCUT2D eigenvalue weighted by atomic mass is 14.9. The third-order valence-corrected chi connectivity index (χ3v) is 4.25. The summed E-state index contributed by atoms with van der Waals surface area (Å²) < 4.78 is 0. The Labute approximate surface area is 109 Å². The number of pyridine rings is 1. The lowest BCUT2D eigenvalue weighted by molar-refractivity contribution is 0.435. The van der Waals surface area contributed by atoms with Crippen LogP contribution in [0.4, 0.5) is 5.69 Å². The van der Waals surface area contributed by atoms with Crippen molar-refractivity contribution >= 4 is 5.69 Å². The minimum Gasteiger partial charge on any atom is -0.381 e. The topological polar surface area (TPSA) is 48.7 Å². The van der Waals surface area contributed by atoms with E-state index in [1.165, 1.54) is 12.8 Å². The molecule has 0 amide bonds. The van der Waals surface area contributed by atoms with Gasteiger partial charge in [-0.3, -0.25) is 4.98 Å². The van der Waals surface area contributed by atoms with Gasteiger partial charge in [0, 0.05) is 11.7 Å². The zero-order valence-corrected chi connectivity index (χ0v) is 11.6. The highest BCUT2D eigenvalue weighted by Crippen LogP contribution is 2.34. The molecule has 3 heteroatoms. The minimum absolute atomic E-state index is 0.480. The van der Waals surface area contributed by atoms with Crippen molar-refractivity contribution in [2.75, 3.05) is 5.32 Å². The van der Waals surface area contributed by atoms with E-state index in [9.17, 15) is 5.26 Å². The van der Waals surface area contributed by atoms with Crippen LogP contribution in [-0.2, 0) is 0 Å². The molecule has 2 rings (SSSR count). The molecule has 0 aromatic carbocycles. The van der Waals surface area contributed by atoms with Crippen molar-refractivity contribution in [2.24, 2.45) is 11.8 Å². The lowest BCUT2D eigenvalue weighted by Crippen LogP contribution is -2.24. The molecule has 3 atom stereocenters. The molecule has 18 heavy (non-hydrogen) atoms. The first-order chi connectivity index (χ1) is 8.52. The molecule has 0 saturated heterocycles. The predicted octanol–water partition coefficient (Wildman–Crippen LogP) is 3.42. The summed E-state index contributed by atoms with van der Waals surface area (Å²) in [4.78, 5) is 4.35. The number of hydrogen-bond acceptors (Lipinski definition) is 3. The third kappa shape index (κ3) is 2.33. The zero-order chi connectivity index (χ0) is 13.3. The number of aryl methyl sites for hydroxylation is 2. The Kier molecular flexibility index (Phi) is 3.56. The van der Waals surface area contributed by atoms with Crippen molar-refractivity contribution in [3.05, 3.63) is 23.0 Å². The monoisotopic (exact) mass is 243 g/mol. The highest BCUT2D eigenvalue weighted by Gasteiger charge is 2.30. The second-order valence-electron chi connectivity index (χ2n) is 5.55. The van der Waals surface area contributed by atoms with Crippen molar-refractivity contribution < 1.29 is 0 Å². The predicted molar refractivity (Wildman–Crippen MR) is 73.4 cm³/mol. The van der Waals surface area contributed by atoms with E-state index in [0.717, 1.165) is 23.0 Å². The molecule has 1 aliphatic rings. The SMILES string of the molecule is Cc1cc(NC2CCC(C)C2C)c(C#N)c(C)n1. The summed E-state index contributed by atoms with van der Waals surface area (Å²) in [5.74, 6) is 1.42. The van der Waals surface area contributed by atoms with E-state index < -0.39 is 0 Å². The van der Waals surface area contributed by atoms with Gasteiger partial charge in [-0.2, -0.15) is 5.26 Å². The Morgan fingerprint density at radius 1 is 1.33 bits per heavy atom. The highest BCUT2D eigenvalue weighted by molar-refractivity contribution is 5.60. The van der Waals surface area contributed by atoms with Crippen LogP contribution in [0.2, 0.25) is 0 Å². The summed E-state index contributed by atoms with van der Waals surface area (Å²) in [5, 5.41) is 12.8. The lowest BCUT2D eigenvalue weighted by atomic mass is 9.97. The molecule has 1 aromatic rings. The Balaban J connectivity index is 2.27. The number of rotatable bonds is 2. The fourth-order valence-electron chi connectivity index (χ4n) is 2.85. The van der Waals surface area contributed by atoms with Crippen molar-refractivity contribution in [3.63, 3.8) is 0 Å². The first-order valence-electron chi connectivity index (χ1n) is 6.67. The van der Waals surface area contributed by atoms with Crippen LogP contribution in [0.25, 0.3) is 0 Å². The molecular weight excluding hydrogens is 222 g/mol. The van der Waals surface area contributed by atoms with Crippen LogP contribution in [0.15, 0.2) is 6.07 Å². The Hall–Kier alpha value is -1.56. The normalized spacial score (nSPS) is 26.9. The maximum absolute atomic E-state index is 9.25. The van der Waals surface area contributed by atoms with Gasteiger partial charge in [-0.15, -0.1) is 0 Å². The van der Waals surface area contributed by atoms with Crippen LogP contribution in [-0.4, -0.2) is 11.0 Å². The molecule has 3 nitrogen and oxygen atoms in total. The summed E-state index contributed by atoms with van der Waals surface area (Å²) in [5.41, 5.74) is 3.42. The summed E-state index contributed by atoms with van der Waals surface area (Å²) in [7, 11) is 0. The van der Waals surface area contributed by atoms with E-state index in [1.54, 1.807) is 0 Å². The number of nitrogens with zero attached hydrogens (tertiary/aromatic N) is 2. The van der Waals surface area contributed by atoms with Crippen LogP contribution in [0.1, 0.15) is 43.6 Å². The number of anilines is 1. The Morgan fingerprint density at radius 2 is 2.06 bits per heavy atom. The van der Waals surface area contributed by atoms with Crippen molar-refractivity contribution in [1.82, 2.24) is 4.98 Å². The van der Waals surface area contributed by atoms with Crippen LogP contribution in [0.5, 0.6) is 0 Å². The maximum Gasteiger partial charge on any atom is 0.103 e. The molecule has 0 bridgehead atoms. The average molecular weight is 243 g/mol. The first kappa shape index (κ1) is 12.9. The van der Waals surface area contributed by atoms with E-state index in [1.807, 2.05) is 19.9 Å². The van der Waals surface area contributed by atoms with Gasteiger partial charge in [-0.1, -0.05) is 13.8 Å². The van der Waals surface area contributed by atoms with E-state index >= 15 is 0 Å². The van der Waals surface area contributed by atoms with Gasteiger partial charge in [0.25, 0.3) is 0 Å². The molecule has 1 N–H and O–H groups in total. The summed E-state index contributed by atoms with van der Waals surface area (Å²) in [6, 6.07) is 4.73. The van der Waals surface area contributed by atoms with Gasteiger partial charge < -0.3 is 5.32 Å². The fourth-order valence-corrected chi connectivity index (χ4v) is 2.85.